The average molecular weight is 539 g/mol. The molecule has 3 aromatic carbocycles. The van der Waals surface area contributed by atoms with Crippen LogP contribution in [0.4, 0.5) is 10.1 Å². The Balaban J connectivity index is 1.66. The number of nitrogens with one attached hydrogen (secondary N) is 2. The number of hydrazone groups is 1. The van der Waals surface area contributed by atoms with Crippen LogP contribution < -0.4 is 20.2 Å². The molecular weight excluding hydrogens is 520 g/mol. The molecule has 0 radical (unpaired) electrons. The second-order valence-electron chi connectivity index (χ2n) is 7.10. The molecule has 0 aliphatic carbocycles. The highest BCUT2D eigenvalue weighted by Gasteiger charge is 2.15. The summed E-state index contributed by atoms with van der Waals surface area (Å²) in [6.45, 7) is 1.53. The van der Waals surface area contributed by atoms with Crippen molar-refractivity contribution < 1.29 is 23.5 Å². The molecule has 0 aliphatic rings. The first-order valence-corrected chi connectivity index (χ1v) is 11.2. The van der Waals surface area contributed by atoms with Crippen molar-refractivity contribution in [3.8, 4) is 11.5 Å². The van der Waals surface area contributed by atoms with Gasteiger partial charge in [0.05, 0.1) is 17.8 Å². The summed E-state index contributed by atoms with van der Waals surface area (Å²) in [6.07, 6.45) is 0. The second kappa shape index (κ2) is 11.9. The van der Waals surface area contributed by atoms with E-state index in [-0.39, 0.29) is 22.9 Å². The van der Waals surface area contributed by atoms with E-state index in [2.05, 4.69) is 15.8 Å². The standard InChI is InChI=1S/C24H19Cl3FN3O4/c1-13(30-31-24(33)23(32)29-17-10-15(25)9-16(26)11-17)14-6-7-21(22(8-14)34-2)35-12-18-19(27)4-3-5-20(18)28/h3-11H,12H2,1-2H3,(H,29,32)(H,31,33)/b30-13+. The van der Waals surface area contributed by atoms with Crippen LogP contribution in [0, 0.1) is 5.82 Å². The maximum Gasteiger partial charge on any atom is 0.329 e. The lowest BCUT2D eigenvalue weighted by molar-refractivity contribution is -0.136. The molecule has 0 fully saturated rings. The highest BCUT2D eigenvalue weighted by molar-refractivity contribution is 6.40. The van der Waals surface area contributed by atoms with E-state index in [1.54, 1.807) is 31.2 Å². The number of carbonyl (C=O) groups excluding carboxylic acids is 2. The molecule has 3 aromatic rings. The third kappa shape index (κ3) is 7.08. The highest BCUT2D eigenvalue weighted by atomic mass is 35.5. The first-order valence-electron chi connectivity index (χ1n) is 10.0. The summed E-state index contributed by atoms with van der Waals surface area (Å²) in [4.78, 5) is 24.2. The van der Waals surface area contributed by atoms with Gasteiger partial charge in [-0.3, -0.25) is 9.59 Å². The van der Waals surface area contributed by atoms with Gasteiger partial charge in [-0.1, -0.05) is 40.9 Å². The number of hydrogen-bond donors (Lipinski definition) is 2. The summed E-state index contributed by atoms with van der Waals surface area (Å²) in [5.41, 5.74) is 3.64. The van der Waals surface area contributed by atoms with E-state index >= 15 is 0 Å². The van der Waals surface area contributed by atoms with Crippen molar-refractivity contribution in [3.63, 3.8) is 0 Å². The molecule has 0 bridgehead atoms. The second-order valence-corrected chi connectivity index (χ2v) is 8.38. The van der Waals surface area contributed by atoms with E-state index in [4.69, 9.17) is 44.3 Å². The highest BCUT2D eigenvalue weighted by Crippen LogP contribution is 2.30. The van der Waals surface area contributed by atoms with Crippen molar-refractivity contribution in [2.24, 2.45) is 5.10 Å². The van der Waals surface area contributed by atoms with Gasteiger partial charge < -0.3 is 14.8 Å². The van der Waals surface area contributed by atoms with Gasteiger partial charge in [-0.15, -0.1) is 0 Å². The van der Waals surface area contributed by atoms with Gasteiger partial charge in [-0.25, -0.2) is 9.82 Å². The Labute approximate surface area is 215 Å². The van der Waals surface area contributed by atoms with Crippen LogP contribution in [0.1, 0.15) is 18.1 Å². The van der Waals surface area contributed by atoms with Gasteiger partial charge in [0.2, 0.25) is 0 Å². The quantitative estimate of drug-likeness (QED) is 0.224. The molecule has 0 saturated heterocycles. The van der Waals surface area contributed by atoms with E-state index in [0.717, 1.165) is 0 Å². The van der Waals surface area contributed by atoms with Gasteiger partial charge in [0.25, 0.3) is 0 Å². The van der Waals surface area contributed by atoms with Gasteiger partial charge >= 0.3 is 11.8 Å². The van der Waals surface area contributed by atoms with Gasteiger partial charge in [0.1, 0.15) is 12.4 Å². The minimum absolute atomic E-state index is 0.0999. The van der Waals surface area contributed by atoms with E-state index in [1.165, 1.54) is 37.4 Å². The number of nitrogens with zero attached hydrogens (tertiary/aromatic N) is 1. The van der Waals surface area contributed by atoms with Crippen LogP contribution in [0.25, 0.3) is 0 Å². The fraction of sp³-hybridized carbons (Fsp3) is 0.125. The molecule has 0 aromatic heterocycles. The Bertz CT molecular complexity index is 1260. The number of carbonyl (C=O) groups is 2. The van der Waals surface area contributed by atoms with Crippen LogP contribution in [-0.4, -0.2) is 24.6 Å². The van der Waals surface area contributed by atoms with Crippen LogP contribution in [0.15, 0.2) is 59.7 Å². The smallest absolute Gasteiger partial charge is 0.329 e. The van der Waals surface area contributed by atoms with E-state index in [0.29, 0.717) is 32.8 Å². The first-order chi connectivity index (χ1) is 16.7. The van der Waals surface area contributed by atoms with E-state index < -0.39 is 17.6 Å². The third-order valence-electron chi connectivity index (χ3n) is 4.67. The predicted molar refractivity (Wildman–Crippen MR) is 134 cm³/mol. The molecule has 0 aliphatic heterocycles. The molecule has 3 rings (SSSR count). The summed E-state index contributed by atoms with van der Waals surface area (Å²) in [5, 5.41) is 7.20. The normalized spacial score (nSPS) is 11.1. The molecule has 0 atom stereocenters. The molecule has 0 saturated carbocycles. The number of rotatable bonds is 7. The van der Waals surface area contributed by atoms with Crippen molar-refractivity contribution in [2.75, 3.05) is 12.4 Å². The molecule has 2 N–H and O–H groups in total. The summed E-state index contributed by atoms with van der Waals surface area (Å²) in [6, 6.07) is 13.7. The zero-order chi connectivity index (χ0) is 25.5. The molecular formula is C24H19Cl3FN3O4. The Kier molecular flexibility index (Phi) is 8.92. The number of methoxy groups -OCH3 is 1. The SMILES string of the molecule is COc1cc(/C(C)=N/NC(=O)C(=O)Nc2cc(Cl)cc(Cl)c2)ccc1OCc1c(F)cccc1Cl. The zero-order valence-corrected chi connectivity index (χ0v) is 20.8. The number of halogens is 4. The molecule has 11 heteroatoms. The van der Waals surface area contributed by atoms with Gasteiger partial charge in [0.15, 0.2) is 11.5 Å². The monoisotopic (exact) mass is 537 g/mol. The average Bonchev–Trinajstić information content (AvgIpc) is 2.81. The number of ether oxygens (including phenoxy) is 2. The van der Waals surface area contributed by atoms with Crippen molar-refractivity contribution >= 4 is 58.0 Å². The van der Waals surface area contributed by atoms with Gasteiger partial charge in [-0.2, -0.15) is 5.10 Å². The largest absolute Gasteiger partial charge is 0.493 e. The van der Waals surface area contributed by atoms with Gasteiger partial charge in [0, 0.05) is 26.9 Å². The minimum atomic E-state index is -0.992. The summed E-state index contributed by atoms with van der Waals surface area (Å²) in [7, 11) is 1.45. The topological polar surface area (TPSA) is 89.0 Å². The van der Waals surface area contributed by atoms with Crippen LogP contribution in [0.3, 0.4) is 0 Å². The zero-order valence-electron chi connectivity index (χ0n) is 18.5. The van der Waals surface area contributed by atoms with Crippen LogP contribution in [-0.2, 0) is 16.2 Å². The molecule has 2 amide bonds. The van der Waals surface area contributed by atoms with E-state index in [9.17, 15) is 14.0 Å². The van der Waals surface area contributed by atoms with Crippen LogP contribution in [0.2, 0.25) is 15.1 Å². The molecule has 0 unspecified atom stereocenters. The fourth-order valence-corrected chi connectivity index (χ4v) is 3.64. The molecule has 35 heavy (non-hydrogen) atoms. The first kappa shape index (κ1) is 26.3. The molecule has 0 heterocycles. The van der Waals surface area contributed by atoms with Crippen molar-refractivity contribution in [2.45, 2.75) is 13.5 Å². The number of anilines is 1. The van der Waals surface area contributed by atoms with E-state index in [1.807, 2.05) is 0 Å². The fourth-order valence-electron chi connectivity index (χ4n) is 2.90. The number of hydrogen-bond acceptors (Lipinski definition) is 5. The van der Waals surface area contributed by atoms with Crippen LogP contribution >= 0.6 is 34.8 Å². The lowest BCUT2D eigenvalue weighted by Crippen LogP contribution is -2.32. The lowest BCUT2D eigenvalue weighted by atomic mass is 10.1. The Morgan fingerprint density at radius 1 is 0.971 bits per heavy atom. The minimum Gasteiger partial charge on any atom is -0.493 e. The molecule has 7 nitrogen and oxygen atoms in total. The van der Waals surface area contributed by atoms with Crippen LogP contribution in [0.5, 0.6) is 11.5 Å². The van der Waals surface area contributed by atoms with Crippen molar-refractivity contribution in [3.05, 3.63) is 86.6 Å². The lowest BCUT2D eigenvalue weighted by Gasteiger charge is -2.13. The van der Waals surface area contributed by atoms with Gasteiger partial charge in [-0.05, 0) is 55.5 Å². The van der Waals surface area contributed by atoms with Crippen molar-refractivity contribution in [1.29, 1.82) is 0 Å². The Morgan fingerprint density at radius 3 is 2.34 bits per heavy atom. The number of benzene rings is 3. The summed E-state index contributed by atoms with van der Waals surface area (Å²) < 4.78 is 25.0. The third-order valence-corrected chi connectivity index (χ3v) is 5.46. The maximum atomic E-state index is 14.0. The van der Waals surface area contributed by atoms with Crippen molar-refractivity contribution in [1.82, 2.24) is 5.43 Å². The Morgan fingerprint density at radius 2 is 1.69 bits per heavy atom. The summed E-state index contributed by atoms with van der Waals surface area (Å²) in [5.74, 6) is -1.71. The number of amides is 2. The molecule has 182 valence electrons. The Hall–Kier alpha value is -3.33. The molecule has 0 spiro atoms. The summed E-state index contributed by atoms with van der Waals surface area (Å²) >= 11 is 17.8. The predicted octanol–water partition coefficient (Wildman–Crippen LogP) is 5.85. The maximum absolute atomic E-state index is 14.0.